The average Bonchev–Trinajstić information content (AvgIpc) is 3.29. The smallest absolute Gasteiger partial charge is 0.338 e. The highest BCUT2D eigenvalue weighted by atomic mass is 32.1. The molecule has 136 valence electrons. The van der Waals surface area contributed by atoms with E-state index in [0.717, 1.165) is 17.1 Å². The number of benzene rings is 1. The number of carbonyl (C=O) groups is 2. The molecule has 0 aliphatic rings. The zero-order chi connectivity index (χ0) is 19.4. The molecule has 2 heterocycles. The number of nitrogens with zero attached hydrogens (tertiary/aromatic N) is 4. The standard InChI is InChI=1S/C19H16N4O3S/c1-12-11-27-18(22-12)16(9-20)17(24)10-26-19(25)14-3-5-15(6-4-14)23-13(2)7-8-21-23/h3-8,11,16H,10H2,1-2H3/t16-/m1/s1. The zero-order valence-corrected chi connectivity index (χ0v) is 15.6. The third-order valence-electron chi connectivity index (χ3n) is 3.86. The highest BCUT2D eigenvalue weighted by Crippen LogP contribution is 2.21. The van der Waals surface area contributed by atoms with Crippen molar-refractivity contribution in [2.24, 2.45) is 0 Å². The quantitative estimate of drug-likeness (QED) is 0.610. The van der Waals surface area contributed by atoms with E-state index in [2.05, 4.69) is 10.1 Å². The first-order valence-electron chi connectivity index (χ1n) is 8.12. The number of nitriles is 1. The van der Waals surface area contributed by atoms with Gasteiger partial charge in [0.2, 0.25) is 0 Å². The maximum Gasteiger partial charge on any atom is 0.338 e. The largest absolute Gasteiger partial charge is 0.454 e. The summed E-state index contributed by atoms with van der Waals surface area (Å²) in [6, 6.07) is 10.5. The van der Waals surface area contributed by atoms with E-state index >= 15 is 0 Å². The number of hydrogen-bond donors (Lipinski definition) is 0. The predicted molar refractivity (Wildman–Crippen MR) is 98.8 cm³/mol. The number of thiazole rings is 1. The maximum absolute atomic E-state index is 12.2. The minimum Gasteiger partial charge on any atom is -0.454 e. The highest BCUT2D eigenvalue weighted by molar-refractivity contribution is 7.09. The molecule has 3 aromatic rings. The van der Waals surface area contributed by atoms with E-state index in [4.69, 9.17) is 4.74 Å². The van der Waals surface area contributed by atoms with Crippen molar-refractivity contribution in [3.8, 4) is 11.8 Å². The molecule has 1 atom stereocenters. The van der Waals surface area contributed by atoms with E-state index in [1.165, 1.54) is 11.3 Å². The Bertz CT molecular complexity index is 1010. The first-order chi connectivity index (χ1) is 13.0. The molecule has 7 nitrogen and oxygen atoms in total. The van der Waals surface area contributed by atoms with Gasteiger partial charge < -0.3 is 4.74 Å². The van der Waals surface area contributed by atoms with Crippen LogP contribution in [-0.2, 0) is 9.53 Å². The van der Waals surface area contributed by atoms with Crippen LogP contribution in [0.1, 0.15) is 32.7 Å². The Labute approximate surface area is 159 Å². The molecule has 0 unspecified atom stereocenters. The normalized spacial score (nSPS) is 11.6. The maximum atomic E-state index is 12.2. The van der Waals surface area contributed by atoms with Crippen LogP contribution in [0, 0.1) is 25.2 Å². The lowest BCUT2D eigenvalue weighted by Gasteiger charge is -2.08. The van der Waals surface area contributed by atoms with Crippen molar-refractivity contribution in [2.75, 3.05) is 6.61 Å². The molecule has 3 rings (SSSR count). The molecule has 0 saturated heterocycles. The van der Waals surface area contributed by atoms with Gasteiger partial charge in [-0.3, -0.25) is 4.79 Å². The van der Waals surface area contributed by atoms with Crippen molar-refractivity contribution in [3.05, 3.63) is 63.9 Å². The van der Waals surface area contributed by atoms with Crippen molar-refractivity contribution in [1.29, 1.82) is 5.26 Å². The second kappa shape index (κ2) is 7.93. The Hall–Kier alpha value is -3.31. The monoisotopic (exact) mass is 380 g/mol. The van der Waals surface area contributed by atoms with Gasteiger partial charge in [0.25, 0.3) is 0 Å². The molecule has 8 heteroatoms. The molecule has 0 N–H and O–H groups in total. The lowest BCUT2D eigenvalue weighted by Crippen LogP contribution is -2.20. The van der Waals surface area contributed by atoms with E-state index in [-0.39, 0.29) is 0 Å². The molecular formula is C19H16N4O3S. The summed E-state index contributed by atoms with van der Waals surface area (Å²) in [6.07, 6.45) is 1.69. The molecule has 0 aliphatic carbocycles. The van der Waals surface area contributed by atoms with E-state index in [1.54, 1.807) is 47.4 Å². The fourth-order valence-corrected chi connectivity index (χ4v) is 3.31. The summed E-state index contributed by atoms with van der Waals surface area (Å²) in [7, 11) is 0. The summed E-state index contributed by atoms with van der Waals surface area (Å²) in [5.74, 6) is -2.15. The summed E-state index contributed by atoms with van der Waals surface area (Å²) in [5.41, 5.74) is 2.84. The number of ether oxygens (including phenoxy) is 1. The fourth-order valence-electron chi connectivity index (χ4n) is 2.45. The Morgan fingerprint density at radius 1 is 1.26 bits per heavy atom. The zero-order valence-electron chi connectivity index (χ0n) is 14.7. The van der Waals surface area contributed by atoms with Gasteiger partial charge in [-0.05, 0) is 44.2 Å². The van der Waals surface area contributed by atoms with Gasteiger partial charge in [-0.1, -0.05) is 0 Å². The van der Waals surface area contributed by atoms with Gasteiger partial charge >= 0.3 is 5.97 Å². The van der Waals surface area contributed by atoms with Crippen molar-refractivity contribution < 1.29 is 14.3 Å². The van der Waals surface area contributed by atoms with Gasteiger partial charge in [-0.25, -0.2) is 14.5 Å². The van der Waals surface area contributed by atoms with Crippen LogP contribution >= 0.6 is 11.3 Å². The predicted octanol–water partition coefficient (Wildman–Crippen LogP) is 2.98. The lowest BCUT2D eigenvalue weighted by molar-refractivity contribution is -0.122. The third kappa shape index (κ3) is 4.10. The summed E-state index contributed by atoms with van der Waals surface area (Å²) in [6.45, 7) is 3.24. The van der Waals surface area contributed by atoms with Crippen LogP contribution in [0.25, 0.3) is 5.69 Å². The van der Waals surface area contributed by atoms with E-state index in [9.17, 15) is 14.9 Å². The Balaban J connectivity index is 1.63. The average molecular weight is 380 g/mol. The van der Waals surface area contributed by atoms with Crippen molar-refractivity contribution >= 4 is 23.1 Å². The number of aryl methyl sites for hydroxylation is 2. The summed E-state index contributed by atoms with van der Waals surface area (Å²) in [4.78, 5) is 28.6. The lowest BCUT2D eigenvalue weighted by atomic mass is 10.1. The topological polar surface area (TPSA) is 97.9 Å². The summed E-state index contributed by atoms with van der Waals surface area (Å²) in [5, 5.41) is 15.6. The Morgan fingerprint density at radius 2 is 2.00 bits per heavy atom. The minimum absolute atomic E-state index is 0.315. The SMILES string of the molecule is Cc1csc([C@H](C#N)C(=O)COC(=O)c2ccc(-n3nccc3C)cc2)n1. The summed E-state index contributed by atoms with van der Waals surface area (Å²) >= 11 is 1.24. The van der Waals surface area contributed by atoms with Crippen molar-refractivity contribution in [3.63, 3.8) is 0 Å². The molecule has 0 amide bonds. The minimum atomic E-state index is -1.03. The Morgan fingerprint density at radius 3 is 2.56 bits per heavy atom. The van der Waals surface area contributed by atoms with Gasteiger partial charge in [-0.15, -0.1) is 11.3 Å². The highest BCUT2D eigenvalue weighted by Gasteiger charge is 2.24. The third-order valence-corrected chi connectivity index (χ3v) is 4.89. The van der Waals surface area contributed by atoms with Crippen LogP contribution in [0.2, 0.25) is 0 Å². The number of aromatic nitrogens is 3. The fraction of sp³-hybridized carbons (Fsp3) is 0.211. The Kier molecular flexibility index (Phi) is 5.43. The van der Waals surface area contributed by atoms with Crippen LogP contribution < -0.4 is 0 Å². The van der Waals surface area contributed by atoms with E-state index in [1.807, 2.05) is 19.1 Å². The molecule has 0 aliphatic heterocycles. The number of rotatable bonds is 6. The van der Waals surface area contributed by atoms with Gasteiger partial charge in [0.05, 0.1) is 17.3 Å². The van der Waals surface area contributed by atoms with E-state index < -0.39 is 24.3 Å². The van der Waals surface area contributed by atoms with Gasteiger partial charge in [0.1, 0.15) is 5.01 Å². The molecule has 0 spiro atoms. The molecule has 0 fully saturated rings. The van der Waals surface area contributed by atoms with Gasteiger partial charge in [-0.2, -0.15) is 10.4 Å². The molecular weight excluding hydrogens is 364 g/mol. The van der Waals surface area contributed by atoms with E-state index in [0.29, 0.717) is 10.6 Å². The number of Topliss-reactive ketones (excluding diaryl/α,β-unsaturated/α-hetero) is 1. The van der Waals surface area contributed by atoms with Crippen LogP contribution in [0.3, 0.4) is 0 Å². The molecule has 27 heavy (non-hydrogen) atoms. The first-order valence-corrected chi connectivity index (χ1v) is 9.00. The molecule has 1 aromatic carbocycles. The summed E-state index contributed by atoms with van der Waals surface area (Å²) < 4.78 is 6.81. The van der Waals surface area contributed by atoms with Gasteiger partial charge in [0.15, 0.2) is 18.3 Å². The number of ketones is 1. The first kappa shape index (κ1) is 18.5. The molecule has 2 aromatic heterocycles. The molecule has 0 radical (unpaired) electrons. The molecule has 0 bridgehead atoms. The number of esters is 1. The van der Waals surface area contributed by atoms with Crippen LogP contribution in [0.4, 0.5) is 0 Å². The van der Waals surface area contributed by atoms with Gasteiger partial charge in [0, 0.05) is 23.0 Å². The van der Waals surface area contributed by atoms with Crippen molar-refractivity contribution in [2.45, 2.75) is 19.8 Å². The van der Waals surface area contributed by atoms with Crippen LogP contribution in [0.5, 0.6) is 0 Å². The van der Waals surface area contributed by atoms with Crippen LogP contribution in [-0.4, -0.2) is 33.1 Å². The number of hydrogen-bond acceptors (Lipinski definition) is 7. The second-order valence-electron chi connectivity index (χ2n) is 5.86. The van der Waals surface area contributed by atoms with Crippen LogP contribution in [0.15, 0.2) is 41.9 Å². The number of carbonyl (C=O) groups excluding carboxylic acids is 2. The second-order valence-corrected chi connectivity index (χ2v) is 6.75. The van der Waals surface area contributed by atoms with Crippen molar-refractivity contribution in [1.82, 2.24) is 14.8 Å². The molecule has 0 saturated carbocycles.